The molecular weight excluding hydrogens is 256 g/mol. The molecule has 0 amide bonds. The van der Waals surface area contributed by atoms with Crippen molar-refractivity contribution in [3.05, 3.63) is 28.8 Å². The summed E-state index contributed by atoms with van der Waals surface area (Å²) in [5.74, 6) is 7.40. The predicted molar refractivity (Wildman–Crippen MR) is 72.6 cm³/mol. The summed E-state index contributed by atoms with van der Waals surface area (Å²) < 4.78 is 5.05. The highest BCUT2D eigenvalue weighted by atomic mass is 35.5. The number of carbonyl (C=O) groups excluding carboxylic acids is 1. The first-order valence-electron chi connectivity index (χ1n) is 5.09. The molecule has 1 rings (SSSR count). The van der Waals surface area contributed by atoms with Gasteiger partial charge in [0.1, 0.15) is 5.75 Å². The predicted octanol–water partition coefficient (Wildman–Crippen LogP) is 3.37. The van der Waals surface area contributed by atoms with Gasteiger partial charge in [0.2, 0.25) is 0 Å². The summed E-state index contributed by atoms with van der Waals surface area (Å²) >= 11 is 7.31. The molecular formula is C13H13ClO2S. The lowest BCUT2D eigenvalue weighted by Gasteiger charge is -2.00. The Labute approximate surface area is 111 Å². The van der Waals surface area contributed by atoms with Crippen molar-refractivity contribution in [2.45, 2.75) is 13.3 Å². The number of hydrogen-bond donors (Lipinski definition) is 0. The van der Waals surface area contributed by atoms with E-state index in [9.17, 15) is 4.79 Å². The number of ether oxygens (including phenoxy) is 1. The SMILES string of the molecule is COc1ccc(C#CCCSC(C)=O)c(Cl)c1. The minimum absolute atomic E-state index is 0.120. The highest BCUT2D eigenvalue weighted by Crippen LogP contribution is 2.21. The Morgan fingerprint density at radius 3 is 2.88 bits per heavy atom. The third kappa shape index (κ3) is 5.16. The maximum absolute atomic E-state index is 10.7. The Morgan fingerprint density at radius 2 is 2.29 bits per heavy atom. The number of benzene rings is 1. The monoisotopic (exact) mass is 268 g/mol. The lowest BCUT2D eigenvalue weighted by molar-refractivity contribution is -0.109. The minimum atomic E-state index is 0.120. The topological polar surface area (TPSA) is 26.3 Å². The lowest BCUT2D eigenvalue weighted by atomic mass is 10.2. The van der Waals surface area contributed by atoms with Crippen LogP contribution in [0.5, 0.6) is 5.75 Å². The summed E-state index contributed by atoms with van der Waals surface area (Å²) in [7, 11) is 1.59. The van der Waals surface area contributed by atoms with Gasteiger partial charge in [0.15, 0.2) is 5.12 Å². The van der Waals surface area contributed by atoms with Crippen LogP contribution in [0.1, 0.15) is 18.9 Å². The van der Waals surface area contributed by atoms with Crippen molar-refractivity contribution < 1.29 is 9.53 Å². The number of carbonyl (C=O) groups is 1. The second-order valence-electron chi connectivity index (χ2n) is 3.24. The van der Waals surface area contributed by atoms with Crippen LogP contribution in [0.15, 0.2) is 18.2 Å². The molecule has 0 spiro atoms. The second-order valence-corrected chi connectivity index (χ2v) is 4.92. The molecule has 0 radical (unpaired) electrons. The van der Waals surface area contributed by atoms with Crippen LogP contribution in [0.25, 0.3) is 0 Å². The third-order valence-electron chi connectivity index (χ3n) is 1.93. The Morgan fingerprint density at radius 1 is 1.53 bits per heavy atom. The molecule has 0 unspecified atom stereocenters. The van der Waals surface area contributed by atoms with Crippen LogP contribution in [-0.2, 0) is 4.79 Å². The van der Waals surface area contributed by atoms with E-state index in [2.05, 4.69) is 11.8 Å². The Kier molecular flexibility index (Phi) is 5.96. The van der Waals surface area contributed by atoms with Crippen molar-refractivity contribution in [3.63, 3.8) is 0 Å². The lowest BCUT2D eigenvalue weighted by Crippen LogP contribution is -1.85. The first-order valence-corrected chi connectivity index (χ1v) is 6.45. The molecule has 0 saturated heterocycles. The number of halogens is 1. The van der Waals surface area contributed by atoms with Gasteiger partial charge >= 0.3 is 0 Å². The number of rotatable bonds is 3. The average molecular weight is 269 g/mol. The molecule has 90 valence electrons. The molecule has 0 saturated carbocycles. The molecule has 1 aromatic carbocycles. The first kappa shape index (κ1) is 14.0. The standard InChI is InChI=1S/C13H13ClO2S/c1-10(15)17-8-4-3-5-11-6-7-12(16-2)9-13(11)14/h6-7,9H,4,8H2,1-2H3. The van der Waals surface area contributed by atoms with Crippen molar-refractivity contribution in [3.8, 4) is 17.6 Å². The van der Waals surface area contributed by atoms with E-state index in [0.29, 0.717) is 17.2 Å². The Bertz CT molecular complexity index is 460. The Balaban J connectivity index is 2.57. The summed E-state index contributed by atoms with van der Waals surface area (Å²) in [6.07, 6.45) is 0.673. The fourth-order valence-corrected chi connectivity index (χ4v) is 1.84. The van der Waals surface area contributed by atoms with E-state index in [1.165, 1.54) is 11.8 Å². The summed E-state index contributed by atoms with van der Waals surface area (Å²) in [5.41, 5.74) is 0.778. The van der Waals surface area contributed by atoms with Crippen LogP contribution >= 0.6 is 23.4 Å². The fourth-order valence-electron chi connectivity index (χ4n) is 1.13. The van der Waals surface area contributed by atoms with Crippen LogP contribution in [0, 0.1) is 11.8 Å². The highest BCUT2D eigenvalue weighted by Gasteiger charge is 1.98. The van der Waals surface area contributed by atoms with Crippen LogP contribution in [0.2, 0.25) is 5.02 Å². The van der Waals surface area contributed by atoms with Gasteiger partial charge in [0.05, 0.1) is 12.1 Å². The molecule has 0 aliphatic heterocycles. The van der Waals surface area contributed by atoms with Gasteiger partial charge in [-0.05, 0) is 18.2 Å². The van der Waals surface area contributed by atoms with Crippen molar-refractivity contribution in [1.29, 1.82) is 0 Å². The van der Waals surface area contributed by atoms with E-state index < -0.39 is 0 Å². The molecule has 0 atom stereocenters. The quantitative estimate of drug-likeness (QED) is 0.621. The molecule has 0 N–H and O–H groups in total. The summed E-state index contributed by atoms with van der Waals surface area (Å²) in [6.45, 7) is 1.55. The maximum Gasteiger partial charge on any atom is 0.185 e. The zero-order valence-corrected chi connectivity index (χ0v) is 11.3. The van der Waals surface area contributed by atoms with Gasteiger partial charge in [-0.15, -0.1) is 0 Å². The van der Waals surface area contributed by atoms with E-state index >= 15 is 0 Å². The molecule has 1 aromatic rings. The van der Waals surface area contributed by atoms with Gasteiger partial charge in [-0.25, -0.2) is 0 Å². The van der Waals surface area contributed by atoms with Gasteiger partial charge in [-0.3, -0.25) is 4.79 Å². The normalized spacial score (nSPS) is 9.35. The largest absolute Gasteiger partial charge is 0.497 e. The molecule has 4 heteroatoms. The molecule has 0 aliphatic carbocycles. The molecule has 0 aromatic heterocycles. The summed E-state index contributed by atoms with van der Waals surface area (Å²) in [4.78, 5) is 10.7. The average Bonchev–Trinajstić information content (AvgIpc) is 2.30. The number of thioether (sulfide) groups is 1. The summed E-state index contributed by atoms with van der Waals surface area (Å²) in [6, 6.07) is 5.38. The number of hydrogen-bond acceptors (Lipinski definition) is 3. The molecule has 2 nitrogen and oxygen atoms in total. The third-order valence-corrected chi connectivity index (χ3v) is 3.06. The van der Waals surface area contributed by atoms with E-state index in [4.69, 9.17) is 16.3 Å². The highest BCUT2D eigenvalue weighted by molar-refractivity contribution is 8.13. The molecule has 0 aliphatic rings. The zero-order chi connectivity index (χ0) is 12.7. The minimum Gasteiger partial charge on any atom is -0.497 e. The van der Waals surface area contributed by atoms with Crippen molar-refractivity contribution >= 4 is 28.5 Å². The van der Waals surface area contributed by atoms with E-state index in [0.717, 1.165) is 11.3 Å². The first-order chi connectivity index (χ1) is 8.13. The van der Waals surface area contributed by atoms with Gasteiger partial charge < -0.3 is 4.74 Å². The van der Waals surface area contributed by atoms with E-state index in [-0.39, 0.29) is 5.12 Å². The van der Waals surface area contributed by atoms with Crippen LogP contribution in [-0.4, -0.2) is 18.0 Å². The second kappa shape index (κ2) is 7.26. The van der Waals surface area contributed by atoms with Crippen LogP contribution in [0.4, 0.5) is 0 Å². The number of methoxy groups -OCH3 is 1. The molecule has 0 fully saturated rings. The van der Waals surface area contributed by atoms with Crippen molar-refractivity contribution in [2.24, 2.45) is 0 Å². The van der Waals surface area contributed by atoms with Gasteiger partial charge in [0.25, 0.3) is 0 Å². The Hall–Kier alpha value is -1.11. The van der Waals surface area contributed by atoms with Crippen LogP contribution < -0.4 is 4.74 Å². The smallest absolute Gasteiger partial charge is 0.185 e. The fraction of sp³-hybridized carbons (Fsp3) is 0.308. The summed E-state index contributed by atoms with van der Waals surface area (Å²) in [5, 5.41) is 0.699. The molecule has 17 heavy (non-hydrogen) atoms. The van der Waals surface area contributed by atoms with Crippen molar-refractivity contribution in [2.75, 3.05) is 12.9 Å². The maximum atomic E-state index is 10.7. The van der Waals surface area contributed by atoms with Crippen LogP contribution in [0.3, 0.4) is 0 Å². The zero-order valence-electron chi connectivity index (χ0n) is 9.75. The van der Waals surface area contributed by atoms with Gasteiger partial charge in [0, 0.05) is 24.7 Å². The van der Waals surface area contributed by atoms with E-state index in [1.807, 2.05) is 12.1 Å². The van der Waals surface area contributed by atoms with Crippen molar-refractivity contribution in [1.82, 2.24) is 0 Å². The molecule has 0 heterocycles. The van der Waals surface area contributed by atoms with Gasteiger partial charge in [-0.1, -0.05) is 35.2 Å². The van der Waals surface area contributed by atoms with Gasteiger partial charge in [-0.2, -0.15) is 0 Å². The van der Waals surface area contributed by atoms with E-state index in [1.54, 1.807) is 20.1 Å². The molecule has 0 bridgehead atoms.